The van der Waals surface area contributed by atoms with E-state index in [1.54, 1.807) is 5.56 Å². The SMILES string of the molecule is CN1CCC2(CC1)CN1CCCn3c(c(C4CCCCC4)c4ccc(C(=O)O)cc43)-c3cccc2c31. The van der Waals surface area contributed by atoms with Gasteiger partial charge in [0, 0.05) is 47.2 Å². The van der Waals surface area contributed by atoms with Crippen molar-refractivity contribution >= 4 is 22.6 Å². The van der Waals surface area contributed by atoms with Crippen LogP contribution in [0, 0.1) is 0 Å². The second-order valence-corrected chi connectivity index (χ2v) is 11.8. The van der Waals surface area contributed by atoms with Gasteiger partial charge in [0.05, 0.1) is 11.3 Å². The normalized spacial score (nSPS) is 21.9. The number of piperidine rings is 1. The summed E-state index contributed by atoms with van der Waals surface area (Å²) in [6.45, 7) is 5.50. The quantitative estimate of drug-likeness (QED) is 0.469. The summed E-state index contributed by atoms with van der Waals surface area (Å²) in [5, 5.41) is 11.1. The van der Waals surface area contributed by atoms with Gasteiger partial charge in [-0.25, -0.2) is 4.79 Å². The standard InChI is InChI=1S/C31H37N3O2/c1-32-17-13-31(14-18-32)20-33-15-6-16-34-26-19-22(30(35)36)11-12-23(26)27(21-7-3-2-4-8-21)29(34)24-9-5-10-25(31)28(24)33/h5,9-12,19,21H,2-4,6-8,13-18,20H2,1H3,(H,35,36). The number of likely N-dealkylation sites (tertiary alicyclic amines) is 1. The molecule has 188 valence electrons. The Kier molecular flexibility index (Phi) is 5.21. The van der Waals surface area contributed by atoms with Crippen molar-refractivity contribution < 1.29 is 9.90 Å². The van der Waals surface area contributed by atoms with E-state index in [4.69, 9.17) is 0 Å². The predicted molar refractivity (Wildman–Crippen MR) is 145 cm³/mol. The Morgan fingerprint density at radius 1 is 0.972 bits per heavy atom. The highest BCUT2D eigenvalue weighted by Gasteiger charge is 2.46. The molecule has 3 aromatic rings. The molecule has 5 heteroatoms. The molecule has 1 N–H and O–H groups in total. The molecule has 4 aliphatic rings. The number of fused-ring (bicyclic) bond motifs is 5. The van der Waals surface area contributed by atoms with E-state index in [1.165, 1.54) is 85.9 Å². The molecule has 2 fully saturated rings. The van der Waals surface area contributed by atoms with Gasteiger partial charge in [-0.2, -0.15) is 0 Å². The zero-order chi connectivity index (χ0) is 24.4. The van der Waals surface area contributed by atoms with E-state index in [0.29, 0.717) is 11.5 Å². The lowest BCUT2D eigenvalue weighted by Gasteiger charge is -2.38. The van der Waals surface area contributed by atoms with Gasteiger partial charge in [0.1, 0.15) is 0 Å². The lowest BCUT2D eigenvalue weighted by atomic mass is 9.74. The lowest BCUT2D eigenvalue weighted by Crippen LogP contribution is -2.44. The number of carboxylic acids is 1. The molecule has 3 aliphatic heterocycles. The number of anilines is 1. The van der Waals surface area contributed by atoms with Gasteiger partial charge in [-0.15, -0.1) is 0 Å². The molecule has 5 nitrogen and oxygen atoms in total. The van der Waals surface area contributed by atoms with E-state index >= 15 is 0 Å². The summed E-state index contributed by atoms with van der Waals surface area (Å²) in [5.41, 5.74) is 9.06. The summed E-state index contributed by atoms with van der Waals surface area (Å²) in [7, 11) is 2.26. The van der Waals surface area contributed by atoms with E-state index in [0.717, 1.165) is 31.6 Å². The molecule has 1 aromatic heterocycles. The van der Waals surface area contributed by atoms with E-state index < -0.39 is 5.97 Å². The van der Waals surface area contributed by atoms with Gasteiger partial charge in [-0.3, -0.25) is 0 Å². The smallest absolute Gasteiger partial charge is 0.335 e. The molecule has 2 aromatic carbocycles. The number of aromatic carboxylic acids is 1. The maximum absolute atomic E-state index is 11.9. The van der Waals surface area contributed by atoms with Gasteiger partial charge in [0.15, 0.2) is 0 Å². The maximum atomic E-state index is 11.9. The number of nitrogens with zero attached hydrogens (tertiary/aromatic N) is 3. The third kappa shape index (κ3) is 3.28. The minimum atomic E-state index is -0.839. The Hall–Kier alpha value is -2.79. The van der Waals surface area contributed by atoms with Crippen LogP contribution in [0.4, 0.5) is 5.69 Å². The van der Waals surface area contributed by atoms with E-state index in [1.807, 2.05) is 12.1 Å². The molecule has 1 saturated carbocycles. The molecule has 7 rings (SSSR count). The first-order valence-electron chi connectivity index (χ1n) is 14.0. The van der Waals surface area contributed by atoms with Gasteiger partial charge < -0.3 is 19.5 Å². The number of aromatic nitrogens is 1. The largest absolute Gasteiger partial charge is 0.478 e. The summed E-state index contributed by atoms with van der Waals surface area (Å²) in [5.74, 6) is -0.288. The first-order chi connectivity index (χ1) is 17.6. The van der Waals surface area contributed by atoms with Crippen LogP contribution in [-0.2, 0) is 12.0 Å². The topological polar surface area (TPSA) is 48.7 Å². The van der Waals surface area contributed by atoms with Gasteiger partial charge in [0.25, 0.3) is 0 Å². The molecule has 0 amide bonds. The number of aryl methyl sites for hydroxylation is 1. The average Bonchev–Trinajstić information content (AvgIpc) is 3.37. The van der Waals surface area contributed by atoms with Crippen LogP contribution >= 0.6 is 0 Å². The summed E-state index contributed by atoms with van der Waals surface area (Å²) < 4.78 is 2.50. The number of para-hydroxylation sites is 1. The second-order valence-electron chi connectivity index (χ2n) is 11.8. The zero-order valence-corrected chi connectivity index (χ0v) is 21.4. The molecular formula is C31H37N3O2. The van der Waals surface area contributed by atoms with Crippen molar-refractivity contribution in [1.29, 1.82) is 0 Å². The van der Waals surface area contributed by atoms with Gasteiger partial charge in [-0.05, 0) is 81.4 Å². The molecule has 36 heavy (non-hydrogen) atoms. The number of hydrogen-bond acceptors (Lipinski definition) is 3. The summed E-state index contributed by atoms with van der Waals surface area (Å²) in [6.07, 6.45) is 9.94. The number of carbonyl (C=O) groups is 1. The van der Waals surface area contributed by atoms with Crippen molar-refractivity contribution in [3.05, 3.63) is 53.1 Å². The van der Waals surface area contributed by atoms with Gasteiger partial charge >= 0.3 is 5.97 Å². The fourth-order valence-corrected chi connectivity index (χ4v) is 7.95. The van der Waals surface area contributed by atoms with Crippen LogP contribution in [0.1, 0.15) is 78.8 Å². The monoisotopic (exact) mass is 483 g/mol. The Bertz CT molecular complexity index is 1340. The lowest BCUT2D eigenvalue weighted by molar-refractivity contribution is 0.0697. The summed E-state index contributed by atoms with van der Waals surface area (Å²) in [6, 6.07) is 12.9. The first kappa shape index (κ1) is 22.4. The molecular weight excluding hydrogens is 446 g/mol. The zero-order valence-electron chi connectivity index (χ0n) is 21.4. The average molecular weight is 484 g/mol. The molecule has 1 saturated heterocycles. The Labute approximate surface area is 213 Å². The summed E-state index contributed by atoms with van der Waals surface area (Å²) in [4.78, 5) is 17.1. The second kappa shape index (κ2) is 8.37. The van der Waals surface area contributed by atoms with Crippen molar-refractivity contribution in [1.82, 2.24) is 9.47 Å². The van der Waals surface area contributed by atoms with Crippen LogP contribution in [0.15, 0.2) is 36.4 Å². The van der Waals surface area contributed by atoms with Crippen LogP contribution < -0.4 is 4.90 Å². The van der Waals surface area contributed by atoms with Crippen molar-refractivity contribution in [3.63, 3.8) is 0 Å². The third-order valence-corrected chi connectivity index (χ3v) is 9.79. The molecule has 0 unspecified atom stereocenters. The van der Waals surface area contributed by atoms with E-state index in [2.05, 4.69) is 45.7 Å². The third-order valence-electron chi connectivity index (χ3n) is 9.79. The predicted octanol–water partition coefficient (Wildman–Crippen LogP) is 6.24. The Morgan fingerprint density at radius 2 is 1.78 bits per heavy atom. The van der Waals surface area contributed by atoms with Crippen molar-refractivity contribution in [3.8, 4) is 11.3 Å². The molecule has 1 spiro atoms. The van der Waals surface area contributed by atoms with Crippen molar-refractivity contribution in [2.24, 2.45) is 0 Å². The van der Waals surface area contributed by atoms with Crippen molar-refractivity contribution in [2.45, 2.75) is 69.2 Å². The van der Waals surface area contributed by atoms with E-state index in [9.17, 15) is 9.90 Å². The van der Waals surface area contributed by atoms with Crippen LogP contribution in [0.3, 0.4) is 0 Å². The van der Waals surface area contributed by atoms with Gasteiger partial charge in [0.2, 0.25) is 0 Å². The molecule has 0 bridgehead atoms. The number of rotatable bonds is 2. The fraction of sp³-hybridized carbons (Fsp3) is 0.516. The van der Waals surface area contributed by atoms with Crippen LogP contribution in [0.2, 0.25) is 0 Å². The Balaban J connectivity index is 1.49. The van der Waals surface area contributed by atoms with Crippen LogP contribution in [-0.4, -0.2) is 53.8 Å². The summed E-state index contributed by atoms with van der Waals surface area (Å²) >= 11 is 0. The maximum Gasteiger partial charge on any atom is 0.335 e. The number of carboxylic acid groups (broad SMARTS) is 1. The minimum Gasteiger partial charge on any atom is -0.478 e. The van der Waals surface area contributed by atoms with Crippen LogP contribution in [0.5, 0.6) is 0 Å². The minimum absolute atomic E-state index is 0.264. The highest BCUT2D eigenvalue weighted by molar-refractivity contribution is 6.00. The van der Waals surface area contributed by atoms with Crippen LogP contribution in [0.25, 0.3) is 22.2 Å². The van der Waals surface area contributed by atoms with Crippen molar-refractivity contribution in [2.75, 3.05) is 38.1 Å². The van der Waals surface area contributed by atoms with E-state index in [-0.39, 0.29) is 5.41 Å². The molecule has 0 radical (unpaired) electrons. The molecule has 4 heterocycles. The highest BCUT2D eigenvalue weighted by Crippen LogP contribution is 2.54. The highest BCUT2D eigenvalue weighted by atomic mass is 16.4. The van der Waals surface area contributed by atoms with Gasteiger partial charge in [-0.1, -0.05) is 43.5 Å². The Morgan fingerprint density at radius 3 is 2.56 bits per heavy atom. The molecule has 1 aliphatic carbocycles. The molecule has 0 atom stereocenters. The fourth-order valence-electron chi connectivity index (χ4n) is 7.95. The number of hydrogen-bond donors (Lipinski definition) is 1. The first-order valence-corrected chi connectivity index (χ1v) is 14.0. The number of benzene rings is 2.